The molecule has 0 atom stereocenters. The van der Waals surface area contributed by atoms with E-state index < -0.39 is 0 Å². The predicted molar refractivity (Wildman–Crippen MR) is 115 cm³/mol. The van der Waals surface area contributed by atoms with Gasteiger partial charge in [0.15, 0.2) is 11.1 Å². The second-order valence-electron chi connectivity index (χ2n) is 5.44. The maximum absolute atomic E-state index is 6.12. The molecule has 8 heteroatoms. The molecule has 1 aromatic heterocycles. The molecule has 1 aromatic rings. The molecule has 2 heterocycles. The molecule has 1 aliphatic rings. The van der Waals surface area contributed by atoms with Gasteiger partial charge in [-0.1, -0.05) is 12.8 Å². The lowest BCUT2D eigenvalue weighted by molar-refractivity contribution is 0.380. The number of guanidine groups is 1. The summed E-state index contributed by atoms with van der Waals surface area (Å²) in [5.74, 6) is 1.98. The van der Waals surface area contributed by atoms with Crippen LogP contribution in [0.25, 0.3) is 0 Å². The number of nitrogens with zero attached hydrogens (tertiary/aromatic N) is 4. The van der Waals surface area contributed by atoms with Gasteiger partial charge < -0.3 is 15.5 Å². The Bertz CT molecular complexity index is 433. The molecule has 0 aromatic carbocycles. The van der Waals surface area contributed by atoms with Gasteiger partial charge in [-0.3, -0.25) is 4.99 Å². The van der Waals surface area contributed by atoms with Gasteiger partial charge in [0.25, 0.3) is 0 Å². The first-order valence-corrected chi connectivity index (χ1v) is 10.3. The van der Waals surface area contributed by atoms with Gasteiger partial charge in [-0.15, -0.1) is 35.3 Å². The van der Waals surface area contributed by atoms with Crippen LogP contribution in [-0.4, -0.2) is 60.6 Å². The average molecular weight is 469 g/mol. The van der Waals surface area contributed by atoms with Crippen LogP contribution in [0.4, 0.5) is 5.13 Å². The van der Waals surface area contributed by atoms with Crippen molar-refractivity contribution in [2.45, 2.75) is 25.7 Å². The molecular formula is C15H28IN5S2. The number of hydrogen-bond donors (Lipinski definition) is 1. The minimum absolute atomic E-state index is 0. The summed E-state index contributed by atoms with van der Waals surface area (Å²) < 4.78 is 0. The largest absolute Gasteiger partial charge is 0.370 e. The van der Waals surface area contributed by atoms with Gasteiger partial charge >= 0.3 is 0 Å². The van der Waals surface area contributed by atoms with Gasteiger partial charge in [0.2, 0.25) is 0 Å². The third-order valence-electron chi connectivity index (χ3n) is 3.82. The van der Waals surface area contributed by atoms with Crippen LogP contribution in [0.5, 0.6) is 0 Å². The minimum atomic E-state index is 0. The summed E-state index contributed by atoms with van der Waals surface area (Å²) in [4.78, 5) is 13.4. The zero-order chi connectivity index (χ0) is 15.6. The van der Waals surface area contributed by atoms with Crippen molar-refractivity contribution < 1.29 is 0 Å². The van der Waals surface area contributed by atoms with E-state index >= 15 is 0 Å². The molecule has 0 saturated carbocycles. The first-order valence-electron chi connectivity index (χ1n) is 7.99. The van der Waals surface area contributed by atoms with Gasteiger partial charge in [0, 0.05) is 44.3 Å². The van der Waals surface area contributed by atoms with Gasteiger partial charge in [-0.2, -0.15) is 11.8 Å². The zero-order valence-electron chi connectivity index (χ0n) is 13.8. The Hall–Kier alpha value is -0.220. The van der Waals surface area contributed by atoms with Crippen LogP contribution in [0.2, 0.25) is 0 Å². The number of thiazole rings is 1. The normalized spacial score (nSPS) is 15.6. The van der Waals surface area contributed by atoms with E-state index in [0.717, 1.165) is 44.3 Å². The van der Waals surface area contributed by atoms with Crippen LogP contribution in [0, 0.1) is 0 Å². The van der Waals surface area contributed by atoms with E-state index in [2.05, 4.69) is 26.0 Å². The number of piperazine rings is 1. The number of hydrogen-bond acceptors (Lipinski definition) is 5. The topological polar surface area (TPSA) is 57.8 Å². The van der Waals surface area contributed by atoms with E-state index in [1.165, 1.54) is 25.0 Å². The highest BCUT2D eigenvalue weighted by molar-refractivity contribution is 14.0. The molecule has 0 radical (unpaired) electrons. The molecule has 132 valence electrons. The highest BCUT2D eigenvalue weighted by Crippen LogP contribution is 2.18. The maximum atomic E-state index is 6.12. The second-order valence-corrected chi connectivity index (χ2v) is 7.29. The lowest BCUT2D eigenvalue weighted by Gasteiger charge is -2.35. The van der Waals surface area contributed by atoms with E-state index in [4.69, 9.17) is 5.73 Å². The number of unbranched alkanes of at least 4 members (excludes halogenated alkanes) is 3. The summed E-state index contributed by atoms with van der Waals surface area (Å²) >= 11 is 3.62. The molecule has 0 aliphatic carbocycles. The van der Waals surface area contributed by atoms with Crippen LogP contribution < -0.4 is 10.6 Å². The Labute approximate surface area is 165 Å². The number of nitrogens with two attached hydrogens (primary N) is 1. The molecule has 1 aliphatic heterocycles. The number of anilines is 1. The number of halogens is 1. The zero-order valence-corrected chi connectivity index (χ0v) is 17.8. The van der Waals surface area contributed by atoms with Crippen LogP contribution in [-0.2, 0) is 0 Å². The molecule has 0 bridgehead atoms. The van der Waals surface area contributed by atoms with Gasteiger partial charge in [-0.25, -0.2) is 4.98 Å². The highest BCUT2D eigenvalue weighted by atomic mass is 127. The Morgan fingerprint density at radius 1 is 1.26 bits per heavy atom. The smallest absolute Gasteiger partial charge is 0.191 e. The van der Waals surface area contributed by atoms with E-state index in [0.29, 0.717) is 5.96 Å². The van der Waals surface area contributed by atoms with Crippen molar-refractivity contribution in [1.82, 2.24) is 9.88 Å². The van der Waals surface area contributed by atoms with Crippen molar-refractivity contribution in [2.24, 2.45) is 10.7 Å². The highest BCUT2D eigenvalue weighted by Gasteiger charge is 2.19. The number of thioether (sulfide) groups is 1. The molecule has 1 fully saturated rings. The molecular weight excluding hydrogens is 441 g/mol. The van der Waals surface area contributed by atoms with E-state index in [9.17, 15) is 0 Å². The quantitative estimate of drug-likeness (QED) is 0.275. The van der Waals surface area contributed by atoms with Crippen LogP contribution >= 0.6 is 47.1 Å². The van der Waals surface area contributed by atoms with Gasteiger partial charge in [0.05, 0.1) is 0 Å². The van der Waals surface area contributed by atoms with E-state index in [1.807, 2.05) is 23.3 Å². The summed E-state index contributed by atoms with van der Waals surface area (Å²) in [6.07, 6.45) is 9.06. The Morgan fingerprint density at radius 3 is 2.65 bits per heavy atom. The fourth-order valence-electron chi connectivity index (χ4n) is 2.50. The summed E-state index contributed by atoms with van der Waals surface area (Å²) in [5, 5.41) is 3.14. The minimum Gasteiger partial charge on any atom is -0.370 e. The van der Waals surface area contributed by atoms with Crippen molar-refractivity contribution in [2.75, 3.05) is 49.6 Å². The fraction of sp³-hybridized carbons (Fsp3) is 0.733. The van der Waals surface area contributed by atoms with Crippen LogP contribution in [0.3, 0.4) is 0 Å². The lowest BCUT2D eigenvalue weighted by Crippen LogP contribution is -2.51. The fourth-order valence-corrected chi connectivity index (χ4v) is 3.69. The average Bonchev–Trinajstić information content (AvgIpc) is 3.08. The second kappa shape index (κ2) is 12.2. The Morgan fingerprint density at radius 2 is 2.00 bits per heavy atom. The summed E-state index contributed by atoms with van der Waals surface area (Å²) in [6, 6.07) is 0. The first-order chi connectivity index (χ1) is 10.8. The standard InChI is InChI=1S/C15H27N5S2.HI/c1-21-12-5-3-2-4-6-17-14(16)19-8-10-20(11-9-19)15-18-7-13-22-15;/h7,13H,2-6,8-12H2,1H3,(H2,16,17);1H. The number of rotatable bonds is 8. The number of aliphatic imine (C=N–C) groups is 1. The van der Waals surface area contributed by atoms with Crippen molar-refractivity contribution >= 4 is 58.2 Å². The van der Waals surface area contributed by atoms with Gasteiger partial charge in [-0.05, 0) is 24.9 Å². The Kier molecular flexibility index (Phi) is 11.0. The monoisotopic (exact) mass is 469 g/mol. The maximum Gasteiger partial charge on any atom is 0.191 e. The molecule has 0 spiro atoms. The van der Waals surface area contributed by atoms with Crippen molar-refractivity contribution in [3.05, 3.63) is 11.6 Å². The third kappa shape index (κ3) is 7.47. The molecule has 1 saturated heterocycles. The SMILES string of the molecule is CSCCCCCCN=C(N)N1CCN(c2nccs2)CC1.I. The lowest BCUT2D eigenvalue weighted by atomic mass is 10.2. The van der Waals surface area contributed by atoms with E-state index in [1.54, 1.807) is 11.3 Å². The Balaban J connectivity index is 0.00000264. The first kappa shape index (κ1) is 20.8. The molecule has 2 rings (SSSR count). The summed E-state index contributed by atoms with van der Waals surface area (Å²) in [7, 11) is 0. The predicted octanol–water partition coefficient (Wildman–Crippen LogP) is 3.12. The number of aromatic nitrogens is 1. The molecule has 2 N–H and O–H groups in total. The molecule has 0 unspecified atom stereocenters. The van der Waals surface area contributed by atoms with Crippen molar-refractivity contribution in [3.63, 3.8) is 0 Å². The molecule has 23 heavy (non-hydrogen) atoms. The summed E-state index contributed by atoms with van der Waals surface area (Å²) in [6.45, 7) is 4.67. The van der Waals surface area contributed by atoms with Crippen molar-refractivity contribution in [3.8, 4) is 0 Å². The molecule has 5 nitrogen and oxygen atoms in total. The van der Waals surface area contributed by atoms with Gasteiger partial charge in [0.1, 0.15) is 0 Å². The van der Waals surface area contributed by atoms with E-state index in [-0.39, 0.29) is 24.0 Å². The van der Waals surface area contributed by atoms with Crippen LogP contribution in [0.15, 0.2) is 16.6 Å². The third-order valence-corrected chi connectivity index (χ3v) is 5.35. The molecule has 0 amide bonds. The van der Waals surface area contributed by atoms with Crippen LogP contribution in [0.1, 0.15) is 25.7 Å². The van der Waals surface area contributed by atoms with Crippen molar-refractivity contribution in [1.29, 1.82) is 0 Å². The summed E-state index contributed by atoms with van der Waals surface area (Å²) in [5.41, 5.74) is 6.12.